The van der Waals surface area contributed by atoms with E-state index in [1.807, 2.05) is 86.6 Å². The van der Waals surface area contributed by atoms with Crippen molar-refractivity contribution in [3.05, 3.63) is 84.2 Å². The lowest BCUT2D eigenvalue weighted by molar-refractivity contribution is -0.120. The first-order chi connectivity index (χ1) is 17.0. The summed E-state index contributed by atoms with van der Waals surface area (Å²) < 4.78 is 7.61. The van der Waals surface area contributed by atoms with E-state index in [-0.39, 0.29) is 11.8 Å². The molecule has 35 heavy (non-hydrogen) atoms. The molecule has 1 amide bonds. The quantitative estimate of drug-likeness (QED) is 0.432. The molecule has 178 valence electrons. The summed E-state index contributed by atoms with van der Waals surface area (Å²) in [6, 6.07) is 22.9. The van der Waals surface area contributed by atoms with E-state index in [0.29, 0.717) is 12.4 Å². The molecule has 2 aromatic heterocycles. The Labute approximate surface area is 204 Å². The minimum absolute atomic E-state index is 0.0126. The van der Waals surface area contributed by atoms with Crippen molar-refractivity contribution in [1.29, 1.82) is 0 Å². The van der Waals surface area contributed by atoms with Crippen LogP contribution in [0.2, 0.25) is 0 Å². The fourth-order valence-corrected chi connectivity index (χ4v) is 4.34. The third-order valence-corrected chi connectivity index (χ3v) is 6.08. The van der Waals surface area contributed by atoms with Crippen molar-refractivity contribution >= 4 is 17.4 Å². The van der Waals surface area contributed by atoms with E-state index in [4.69, 9.17) is 4.74 Å². The Kier molecular flexibility index (Phi) is 6.43. The SMILES string of the molecule is Cc1cc(C)n(-c2ccc(N3CCCC(C(=O)Nc4ccc(Oc5ccccc5)cc4)C3)nn2)n1. The molecular formula is C27H28N6O2. The molecule has 0 saturated carbocycles. The minimum atomic E-state index is -0.124. The van der Waals surface area contributed by atoms with Crippen LogP contribution < -0.4 is 15.0 Å². The van der Waals surface area contributed by atoms with Crippen LogP contribution in [0.4, 0.5) is 11.5 Å². The van der Waals surface area contributed by atoms with Gasteiger partial charge in [0.1, 0.15) is 11.5 Å². The summed E-state index contributed by atoms with van der Waals surface area (Å²) in [5.41, 5.74) is 2.71. The van der Waals surface area contributed by atoms with Crippen molar-refractivity contribution in [1.82, 2.24) is 20.0 Å². The van der Waals surface area contributed by atoms with Gasteiger partial charge in [-0.3, -0.25) is 4.79 Å². The Bertz CT molecular complexity index is 1290. The Morgan fingerprint density at radius 2 is 1.66 bits per heavy atom. The normalized spacial score (nSPS) is 15.6. The number of amides is 1. The fourth-order valence-electron chi connectivity index (χ4n) is 4.34. The topological polar surface area (TPSA) is 85.2 Å². The van der Waals surface area contributed by atoms with Crippen LogP contribution in [0.5, 0.6) is 11.5 Å². The number of nitrogens with one attached hydrogen (secondary N) is 1. The smallest absolute Gasteiger partial charge is 0.229 e. The average molecular weight is 469 g/mol. The molecule has 1 saturated heterocycles. The van der Waals surface area contributed by atoms with Gasteiger partial charge in [-0.15, -0.1) is 10.2 Å². The number of carbonyl (C=O) groups is 1. The molecule has 1 N–H and O–H groups in total. The van der Waals surface area contributed by atoms with E-state index in [2.05, 4.69) is 25.5 Å². The second-order valence-electron chi connectivity index (χ2n) is 8.80. The fraction of sp³-hybridized carbons (Fsp3) is 0.259. The third kappa shape index (κ3) is 5.32. The van der Waals surface area contributed by atoms with Crippen molar-refractivity contribution in [2.45, 2.75) is 26.7 Å². The third-order valence-electron chi connectivity index (χ3n) is 6.08. The van der Waals surface area contributed by atoms with Crippen LogP contribution in [0.15, 0.2) is 72.8 Å². The van der Waals surface area contributed by atoms with Crippen LogP contribution in [-0.2, 0) is 4.79 Å². The summed E-state index contributed by atoms with van der Waals surface area (Å²) in [7, 11) is 0. The number of piperidine rings is 1. The van der Waals surface area contributed by atoms with Crippen LogP contribution in [0.25, 0.3) is 5.82 Å². The zero-order chi connectivity index (χ0) is 24.2. The number of aryl methyl sites for hydroxylation is 2. The van der Waals surface area contributed by atoms with Gasteiger partial charge in [-0.2, -0.15) is 5.10 Å². The highest BCUT2D eigenvalue weighted by atomic mass is 16.5. The first-order valence-electron chi connectivity index (χ1n) is 11.8. The van der Waals surface area contributed by atoms with Crippen LogP contribution in [0.1, 0.15) is 24.2 Å². The molecule has 1 unspecified atom stereocenters. The summed E-state index contributed by atoms with van der Waals surface area (Å²) in [6.45, 7) is 5.41. The maximum atomic E-state index is 13.0. The molecule has 0 radical (unpaired) electrons. The van der Waals surface area contributed by atoms with Gasteiger partial charge >= 0.3 is 0 Å². The molecular weight excluding hydrogens is 440 g/mol. The van der Waals surface area contributed by atoms with Crippen molar-refractivity contribution in [3.8, 4) is 17.3 Å². The summed E-state index contributed by atoms with van der Waals surface area (Å²) in [6.07, 6.45) is 1.76. The van der Waals surface area contributed by atoms with Gasteiger partial charge in [-0.05, 0) is 81.3 Å². The first kappa shape index (κ1) is 22.6. The Morgan fingerprint density at radius 1 is 0.943 bits per heavy atom. The highest BCUT2D eigenvalue weighted by Crippen LogP contribution is 2.25. The van der Waals surface area contributed by atoms with E-state index in [9.17, 15) is 4.79 Å². The number of benzene rings is 2. The van der Waals surface area contributed by atoms with Crippen molar-refractivity contribution in [2.24, 2.45) is 5.92 Å². The van der Waals surface area contributed by atoms with Gasteiger partial charge in [0.05, 0.1) is 11.6 Å². The minimum Gasteiger partial charge on any atom is -0.457 e. The zero-order valence-corrected chi connectivity index (χ0v) is 19.9. The first-order valence-corrected chi connectivity index (χ1v) is 11.8. The molecule has 1 aliphatic heterocycles. The van der Waals surface area contributed by atoms with Crippen molar-refractivity contribution in [3.63, 3.8) is 0 Å². The van der Waals surface area contributed by atoms with Gasteiger partial charge in [0, 0.05) is 24.5 Å². The maximum absolute atomic E-state index is 13.0. The lowest BCUT2D eigenvalue weighted by atomic mass is 9.97. The van der Waals surface area contributed by atoms with Crippen LogP contribution >= 0.6 is 0 Å². The summed E-state index contributed by atoms with van der Waals surface area (Å²) in [5.74, 6) is 2.85. The summed E-state index contributed by atoms with van der Waals surface area (Å²) in [5, 5.41) is 16.3. The number of para-hydroxylation sites is 1. The number of hydrogen-bond donors (Lipinski definition) is 1. The van der Waals surface area contributed by atoms with Gasteiger partial charge in [-0.25, -0.2) is 4.68 Å². The predicted molar refractivity (Wildman–Crippen MR) is 135 cm³/mol. The monoisotopic (exact) mass is 468 g/mol. The standard InChI is InChI=1S/C27H28N6O2/c1-19-17-20(2)33(31-19)26-15-14-25(29-30-26)32-16-6-7-21(18-32)27(34)28-22-10-12-24(13-11-22)35-23-8-4-3-5-9-23/h3-5,8-15,17,21H,6-7,16,18H2,1-2H3,(H,28,34). The second-order valence-corrected chi connectivity index (χ2v) is 8.80. The molecule has 8 heteroatoms. The molecule has 1 atom stereocenters. The molecule has 2 aromatic carbocycles. The largest absolute Gasteiger partial charge is 0.457 e. The lowest BCUT2D eigenvalue weighted by Crippen LogP contribution is -2.41. The van der Waals surface area contributed by atoms with Crippen molar-refractivity contribution < 1.29 is 9.53 Å². The number of anilines is 2. The summed E-state index contributed by atoms with van der Waals surface area (Å²) >= 11 is 0. The highest BCUT2D eigenvalue weighted by molar-refractivity contribution is 5.93. The summed E-state index contributed by atoms with van der Waals surface area (Å²) in [4.78, 5) is 15.1. The Morgan fingerprint density at radius 3 is 2.34 bits per heavy atom. The van der Waals surface area contributed by atoms with Crippen molar-refractivity contribution in [2.75, 3.05) is 23.3 Å². The molecule has 0 aliphatic carbocycles. The Balaban J connectivity index is 1.19. The van der Waals surface area contributed by atoms with Gasteiger partial charge in [0.15, 0.2) is 11.6 Å². The number of hydrogen-bond acceptors (Lipinski definition) is 6. The molecule has 0 spiro atoms. The molecule has 4 aromatic rings. The van der Waals surface area contributed by atoms with E-state index in [0.717, 1.165) is 53.8 Å². The van der Waals surface area contributed by atoms with Crippen LogP contribution in [-0.4, -0.2) is 39.0 Å². The molecule has 3 heterocycles. The van der Waals surface area contributed by atoms with Gasteiger partial charge < -0.3 is 15.0 Å². The van der Waals surface area contributed by atoms with E-state index >= 15 is 0 Å². The van der Waals surface area contributed by atoms with Gasteiger partial charge in [0.2, 0.25) is 5.91 Å². The molecule has 1 aliphatic rings. The van der Waals surface area contributed by atoms with Gasteiger partial charge in [-0.1, -0.05) is 18.2 Å². The molecule has 1 fully saturated rings. The zero-order valence-electron chi connectivity index (χ0n) is 19.9. The highest BCUT2D eigenvalue weighted by Gasteiger charge is 2.27. The van der Waals surface area contributed by atoms with E-state index < -0.39 is 0 Å². The van der Waals surface area contributed by atoms with E-state index in [1.165, 1.54) is 0 Å². The molecule has 0 bridgehead atoms. The second kappa shape index (κ2) is 9.97. The average Bonchev–Trinajstić information content (AvgIpc) is 3.23. The van der Waals surface area contributed by atoms with Crippen LogP contribution in [0, 0.1) is 19.8 Å². The molecule has 8 nitrogen and oxygen atoms in total. The number of ether oxygens (including phenoxy) is 1. The Hall–Kier alpha value is -4.20. The predicted octanol–water partition coefficient (Wildman–Crippen LogP) is 4.93. The maximum Gasteiger partial charge on any atom is 0.229 e. The number of carbonyl (C=O) groups excluding carboxylic acids is 1. The lowest BCUT2D eigenvalue weighted by Gasteiger charge is -2.32. The number of nitrogens with zero attached hydrogens (tertiary/aromatic N) is 5. The van der Waals surface area contributed by atoms with Crippen LogP contribution in [0.3, 0.4) is 0 Å². The van der Waals surface area contributed by atoms with Gasteiger partial charge in [0.25, 0.3) is 0 Å². The van der Waals surface area contributed by atoms with E-state index in [1.54, 1.807) is 4.68 Å². The molecule has 5 rings (SSSR count). The number of aromatic nitrogens is 4. The number of rotatable bonds is 6.